The number of hydrogen-bond acceptors (Lipinski definition) is 2. The fourth-order valence-electron chi connectivity index (χ4n) is 2.68. The average Bonchev–Trinajstić information content (AvgIpc) is 2.97. The standard InChI is InChI=1S/C17H19N3O/c1-19(12-8-14-6-10-18-11-7-14)17(21)20-13-9-15-4-2-3-5-16(15)20/h2-7,10-11H,8-9,12-13H2,1H3. The summed E-state index contributed by atoms with van der Waals surface area (Å²) < 4.78 is 0. The molecule has 4 heteroatoms. The number of pyridine rings is 1. The summed E-state index contributed by atoms with van der Waals surface area (Å²) in [5.41, 5.74) is 3.51. The Morgan fingerprint density at radius 3 is 2.81 bits per heavy atom. The molecule has 1 aromatic carbocycles. The molecule has 0 saturated heterocycles. The van der Waals surface area contributed by atoms with Crippen LogP contribution in [0.15, 0.2) is 48.8 Å². The van der Waals surface area contributed by atoms with Crippen molar-refractivity contribution in [2.24, 2.45) is 0 Å². The number of carbonyl (C=O) groups excluding carboxylic acids is 1. The molecule has 4 nitrogen and oxygen atoms in total. The molecule has 0 aliphatic carbocycles. The molecule has 2 heterocycles. The van der Waals surface area contributed by atoms with Gasteiger partial charge in [-0.25, -0.2) is 4.79 Å². The zero-order valence-corrected chi connectivity index (χ0v) is 12.2. The summed E-state index contributed by atoms with van der Waals surface area (Å²) in [6.07, 6.45) is 5.36. The van der Waals surface area contributed by atoms with Crippen LogP contribution < -0.4 is 4.90 Å². The highest BCUT2D eigenvalue weighted by atomic mass is 16.2. The first kappa shape index (κ1) is 13.6. The van der Waals surface area contributed by atoms with Crippen LogP contribution in [0.5, 0.6) is 0 Å². The van der Waals surface area contributed by atoms with Gasteiger partial charge in [-0.15, -0.1) is 0 Å². The van der Waals surface area contributed by atoms with Gasteiger partial charge in [-0.2, -0.15) is 0 Å². The van der Waals surface area contributed by atoms with Crippen molar-refractivity contribution < 1.29 is 4.79 Å². The molecule has 0 saturated carbocycles. The molecule has 0 radical (unpaired) electrons. The Morgan fingerprint density at radius 2 is 2.00 bits per heavy atom. The van der Waals surface area contributed by atoms with Crippen LogP contribution >= 0.6 is 0 Å². The Kier molecular flexibility index (Phi) is 3.86. The number of para-hydroxylation sites is 1. The number of anilines is 1. The zero-order valence-electron chi connectivity index (χ0n) is 12.2. The lowest BCUT2D eigenvalue weighted by atomic mass is 10.2. The summed E-state index contributed by atoms with van der Waals surface area (Å²) in [5.74, 6) is 0. The Labute approximate surface area is 125 Å². The first-order valence-corrected chi connectivity index (χ1v) is 7.25. The van der Waals surface area contributed by atoms with Crippen molar-refractivity contribution in [2.45, 2.75) is 12.8 Å². The maximum atomic E-state index is 12.6. The van der Waals surface area contributed by atoms with E-state index in [1.165, 1.54) is 11.1 Å². The SMILES string of the molecule is CN(CCc1ccncc1)C(=O)N1CCc2ccccc21. The molecule has 2 aromatic rings. The summed E-state index contributed by atoms with van der Waals surface area (Å²) in [6, 6.07) is 12.2. The number of rotatable bonds is 3. The molecular weight excluding hydrogens is 262 g/mol. The Morgan fingerprint density at radius 1 is 1.24 bits per heavy atom. The number of nitrogens with zero attached hydrogens (tertiary/aromatic N) is 3. The molecule has 1 aliphatic heterocycles. The van der Waals surface area contributed by atoms with E-state index in [1.807, 2.05) is 42.3 Å². The third-order valence-corrected chi connectivity index (χ3v) is 3.93. The third kappa shape index (κ3) is 2.89. The van der Waals surface area contributed by atoms with E-state index >= 15 is 0 Å². The van der Waals surface area contributed by atoms with Gasteiger partial charge >= 0.3 is 6.03 Å². The predicted molar refractivity (Wildman–Crippen MR) is 83.5 cm³/mol. The first-order valence-electron chi connectivity index (χ1n) is 7.25. The van der Waals surface area contributed by atoms with Crippen molar-refractivity contribution in [1.82, 2.24) is 9.88 Å². The lowest BCUT2D eigenvalue weighted by Crippen LogP contribution is -2.41. The second kappa shape index (κ2) is 5.95. The van der Waals surface area contributed by atoms with Crippen LogP contribution in [0, 0.1) is 0 Å². The van der Waals surface area contributed by atoms with E-state index in [4.69, 9.17) is 0 Å². The second-order valence-electron chi connectivity index (χ2n) is 5.34. The van der Waals surface area contributed by atoms with Crippen LogP contribution in [0.3, 0.4) is 0 Å². The van der Waals surface area contributed by atoms with E-state index < -0.39 is 0 Å². The molecule has 2 amide bonds. The minimum absolute atomic E-state index is 0.0778. The van der Waals surface area contributed by atoms with E-state index in [0.717, 1.165) is 25.1 Å². The summed E-state index contributed by atoms with van der Waals surface area (Å²) >= 11 is 0. The van der Waals surface area contributed by atoms with Crippen LogP contribution in [-0.2, 0) is 12.8 Å². The number of aromatic nitrogens is 1. The molecular formula is C17H19N3O. The number of fused-ring (bicyclic) bond motifs is 1. The van der Waals surface area contributed by atoms with Crippen LogP contribution in [-0.4, -0.2) is 36.1 Å². The van der Waals surface area contributed by atoms with Gasteiger partial charge in [0.15, 0.2) is 0 Å². The van der Waals surface area contributed by atoms with Crippen molar-refractivity contribution in [3.05, 3.63) is 59.9 Å². The largest absolute Gasteiger partial charge is 0.327 e. The lowest BCUT2D eigenvalue weighted by molar-refractivity contribution is 0.216. The number of amides is 2. The summed E-state index contributed by atoms with van der Waals surface area (Å²) in [5, 5.41) is 0. The van der Waals surface area contributed by atoms with E-state index in [1.54, 1.807) is 17.3 Å². The summed E-state index contributed by atoms with van der Waals surface area (Å²) in [4.78, 5) is 20.2. The van der Waals surface area contributed by atoms with Gasteiger partial charge in [0.25, 0.3) is 0 Å². The number of benzene rings is 1. The van der Waals surface area contributed by atoms with Gasteiger partial charge in [0, 0.05) is 38.2 Å². The fourth-order valence-corrected chi connectivity index (χ4v) is 2.68. The van der Waals surface area contributed by atoms with Crippen molar-refractivity contribution in [2.75, 3.05) is 25.0 Å². The molecule has 0 unspecified atom stereocenters. The number of hydrogen-bond donors (Lipinski definition) is 0. The zero-order chi connectivity index (χ0) is 14.7. The van der Waals surface area contributed by atoms with Gasteiger partial charge in [-0.3, -0.25) is 9.88 Å². The molecule has 0 bridgehead atoms. The molecule has 0 N–H and O–H groups in total. The van der Waals surface area contributed by atoms with Gasteiger partial charge in [0.2, 0.25) is 0 Å². The first-order chi connectivity index (χ1) is 10.3. The normalized spacial score (nSPS) is 13.1. The minimum Gasteiger partial charge on any atom is -0.327 e. The summed E-state index contributed by atoms with van der Waals surface area (Å²) in [6.45, 7) is 1.49. The second-order valence-corrected chi connectivity index (χ2v) is 5.34. The van der Waals surface area contributed by atoms with Crippen LogP contribution in [0.2, 0.25) is 0 Å². The van der Waals surface area contributed by atoms with Crippen molar-refractivity contribution >= 4 is 11.7 Å². The quantitative estimate of drug-likeness (QED) is 0.867. The maximum Gasteiger partial charge on any atom is 0.324 e. The Bertz CT molecular complexity index is 627. The molecule has 0 atom stereocenters. The van der Waals surface area contributed by atoms with Gasteiger partial charge in [-0.1, -0.05) is 18.2 Å². The molecule has 21 heavy (non-hydrogen) atoms. The maximum absolute atomic E-state index is 12.6. The number of likely N-dealkylation sites (N-methyl/N-ethyl adjacent to an activating group) is 1. The van der Waals surface area contributed by atoms with Gasteiger partial charge in [0.1, 0.15) is 0 Å². The van der Waals surface area contributed by atoms with E-state index in [-0.39, 0.29) is 6.03 Å². The molecule has 108 valence electrons. The Hall–Kier alpha value is -2.36. The van der Waals surface area contributed by atoms with Crippen LogP contribution in [0.25, 0.3) is 0 Å². The van der Waals surface area contributed by atoms with E-state index in [2.05, 4.69) is 11.1 Å². The molecule has 0 fully saturated rings. The number of urea groups is 1. The Balaban J connectivity index is 1.63. The van der Waals surface area contributed by atoms with Crippen LogP contribution in [0.1, 0.15) is 11.1 Å². The molecule has 3 rings (SSSR count). The van der Waals surface area contributed by atoms with E-state index in [9.17, 15) is 4.79 Å². The minimum atomic E-state index is 0.0778. The summed E-state index contributed by atoms with van der Waals surface area (Å²) in [7, 11) is 1.87. The van der Waals surface area contributed by atoms with Gasteiger partial charge in [-0.05, 0) is 42.2 Å². The van der Waals surface area contributed by atoms with Crippen molar-refractivity contribution in [3.63, 3.8) is 0 Å². The molecule has 0 spiro atoms. The predicted octanol–water partition coefficient (Wildman–Crippen LogP) is 2.74. The topological polar surface area (TPSA) is 36.4 Å². The lowest BCUT2D eigenvalue weighted by Gasteiger charge is -2.25. The molecule has 1 aromatic heterocycles. The highest BCUT2D eigenvalue weighted by Gasteiger charge is 2.26. The average molecular weight is 281 g/mol. The smallest absolute Gasteiger partial charge is 0.324 e. The fraction of sp³-hybridized carbons (Fsp3) is 0.294. The van der Waals surface area contributed by atoms with E-state index in [0.29, 0.717) is 6.54 Å². The number of carbonyl (C=O) groups is 1. The van der Waals surface area contributed by atoms with Crippen molar-refractivity contribution in [3.8, 4) is 0 Å². The van der Waals surface area contributed by atoms with Gasteiger partial charge in [0.05, 0.1) is 0 Å². The monoisotopic (exact) mass is 281 g/mol. The van der Waals surface area contributed by atoms with Crippen molar-refractivity contribution in [1.29, 1.82) is 0 Å². The van der Waals surface area contributed by atoms with Crippen LogP contribution in [0.4, 0.5) is 10.5 Å². The highest BCUT2D eigenvalue weighted by molar-refractivity contribution is 5.94. The molecule has 1 aliphatic rings. The highest BCUT2D eigenvalue weighted by Crippen LogP contribution is 2.28. The third-order valence-electron chi connectivity index (χ3n) is 3.93. The van der Waals surface area contributed by atoms with Gasteiger partial charge < -0.3 is 4.90 Å².